The molecule has 0 aliphatic heterocycles. The second-order valence-electron chi connectivity index (χ2n) is 6.48. The molecular formula is C20H25N3OS. The van der Waals surface area contributed by atoms with Crippen molar-refractivity contribution < 1.29 is 4.84 Å². The molecule has 0 spiro atoms. The zero-order valence-corrected chi connectivity index (χ0v) is 15.4. The SMILES string of the molecule is CNC(=S)C1(c2cccnc2)CCCCC1NOCc1ccccc1. The van der Waals surface area contributed by atoms with Crippen LogP contribution in [0.25, 0.3) is 0 Å². The summed E-state index contributed by atoms with van der Waals surface area (Å²) in [6.45, 7) is 0.534. The molecule has 2 atom stereocenters. The van der Waals surface area contributed by atoms with E-state index in [9.17, 15) is 0 Å². The number of hydroxylamine groups is 1. The predicted octanol–water partition coefficient (Wildman–Crippen LogP) is 3.53. The molecule has 2 unspecified atom stereocenters. The predicted molar refractivity (Wildman–Crippen MR) is 104 cm³/mol. The highest BCUT2D eigenvalue weighted by molar-refractivity contribution is 7.80. The lowest BCUT2D eigenvalue weighted by Gasteiger charge is -2.44. The zero-order chi connectivity index (χ0) is 17.5. The lowest BCUT2D eigenvalue weighted by Crippen LogP contribution is -2.57. The van der Waals surface area contributed by atoms with E-state index in [1.54, 1.807) is 6.20 Å². The molecule has 1 aliphatic rings. The summed E-state index contributed by atoms with van der Waals surface area (Å²) in [5.74, 6) is 0. The van der Waals surface area contributed by atoms with Gasteiger partial charge in [-0.3, -0.25) is 9.82 Å². The van der Waals surface area contributed by atoms with Gasteiger partial charge in [0.1, 0.15) is 0 Å². The highest BCUT2D eigenvalue weighted by Gasteiger charge is 2.46. The number of rotatable bonds is 6. The Labute approximate surface area is 155 Å². The number of hydrogen-bond acceptors (Lipinski definition) is 4. The van der Waals surface area contributed by atoms with E-state index in [0.29, 0.717) is 6.61 Å². The maximum Gasteiger partial charge on any atom is 0.0933 e. The van der Waals surface area contributed by atoms with E-state index in [4.69, 9.17) is 17.1 Å². The van der Waals surface area contributed by atoms with E-state index in [1.165, 1.54) is 6.42 Å². The number of benzene rings is 1. The van der Waals surface area contributed by atoms with Crippen LogP contribution in [0.2, 0.25) is 0 Å². The fourth-order valence-corrected chi connectivity index (χ4v) is 4.09. The number of likely N-dealkylation sites (N-methyl/N-ethyl adjacent to an activating group) is 1. The second-order valence-corrected chi connectivity index (χ2v) is 6.89. The van der Waals surface area contributed by atoms with Crippen LogP contribution in [-0.4, -0.2) is 23.1 Å². The van der Waals surface area contributed by atoms with Crippen LogP contribution in [0, 0.1) is 0 Å². The van der Waals surface area contributed by atoms with Gasteiger partial charge in [-0.25, -0.2) is 0 Å². The first-order valence-corrected chi connectivity index (χ1v) is 9.22. The van der Waals surface area contributed by atoms with Crippen molar-refractivity contribution in [3.05, 3.63) is 66.0 Å². The molecule has 1 saturated carbocycles. The second kappa shape index (κ2) is 8.52. The molecule has 132 valence electrons. The van der Waals surface area contributed by atoms with Gasteiger partial charge in [0.05, 0.1) is 17.0 Å². The first-order chi connectivity index (χ1) is 12.3. The summed E-state index contributed by atoms with van der Waals surface area (Å²) in [5, 5.41) is 3.22. The summed E-state index contributed by atoms with van der Waals surface area (Å²) < 4.78 is 0. The van der Waals surface area contributed by atoms with E-state index in [2.05, 4.69) is 34.0 Å². The van der Waals surface area contributed by atoms with Crippen LogP contribution in [0.4, 0.5) is 0 Å². The quantitative estimate of drug-likeness (QED) is 0.613. The topological polar surface area (TPSA) is 46.2 Å². The first-order valence-electron chi connectivity index (χ1n) is 8.81. The molecule has 4 nitrogen and oxygen atoms in total. The molecule has 1 aliphatic carbocycles. The Kier molecular flexibility index (Phi) is 6.13. The van der Waals surface area contributed by atoms with Crippen LogP contribution in [-0.2, 0) is 16.9 Å². The lowest BCUT2D eigenvalue weighted by atomic mass is 9.66. The van der Waals surface area contributed by atoms with Gasteiger partial charge in [0, 0.05) is 25.5 Å². The summed E-state index contributed by atoms with van der Waals surface area (Å²) in [4.78, 5) is 11.0. The van der Waals surface area contributed by atoms with Crippen LogP contribution in [0.5, 0.6) is 0 Å². The van der Waals surface area contributed by atoms with Gasteiger partial charge < -0.3 is 5.32 Å². The Bertz CT molecular complexity index is 680. The highest BCUT2D eigenvalue weighted by atomic mass is 32.1. The average Bonchev–Trinajstić information content (AvgIpc) is 2.69. The molecule has 0 amide bonds. The maximum absolute atomic E-state index is 5.87. The third-order valence-electron chi connectivity index (χ3n) is 5.02. The zero-order valence-electron chi connectivity index (χ0n) is 14.6. The Hall–Kier alpha value is -1.82. The largest absolute Gasteiger partial charge is 0.382 e. The molecule has 1 aromatic heterocycles. The molecule has 5 heteroatoms. The average molecular weight is 356 g/mol. The van der Waals surface area contributed by atoms with Crippen molar-refractivity contribution in [1.82, 2.24) is 15.8 Å². The van der Waals surface area contributed by atoms with Gasteiger partial charge in [0.2, 0.25) is 0 Å². The van der Waals surface area contributed by atoms with Crippen molar-refractivity contribution in [3.8, 4) is 0 Å². The van der Waals surface area contributed by atoms with Crippen molar-refractivity contribution in [3.63, 3.8) is 0 Å². The van der Waals surface area contributed by atoms with Crippen LogP contribution in [0.1, 0.15) is 36.8 Å². The molecule has 1 aromatic carbocycles. The van der Waals surface area contributed by atoms with Crippen LogP contribution in [0.3, 0.4) is 0 Å². The third-order valence-corrected chi connectivity index (χ3v) is 5.59. The number of nitrogens with zero attached hydrogens (tertiary/aromatic N) is 1. The van der Waals surface area contributed by atoms with Gasteiger partial charge in [-0.2, -0.15) is 5.48 Å². The fraction of sp³-hybridized carbons (Fsp3) is 0.400. The monoisotopic (exact) mass is 355 g/mol. The Balaban J connectivity index is 1.80. The molecular weight excluding hydrogens is 330 g/mol. The molecule has 0 radical (unpaired) electrons. The van der Waals surface area contributed by atoms with Gasteiger partial charge in [-0.1, -0.05) is 61.5 Å². The summed E-state index contributed by atoms with van der Waals surface area (Å²) in [6.07, 6.45) is 8.06. The molecule has 0 bridgehead atoms. The number of aromatic nitrogens is 1. The molecule has 2 N–H and O–H groups in total. The first kappa shape index (κ1) is 18.0. The summed E-state index contributed by atoms with van der Waals surface area (Å²) in [6, 6.07) is 14.4. The van der Waals surface area contributed by atoms with Gasteiger partial charge in [-0.15, -0.1) is 0 Å². The van der Waals surface area contributed by atoms with Crippen molar-refractivity contribution in [1.29, 1.82) is 0 Å². The van der Waals surface area contributed by atoms with Crippen molar-refractivity contribution >= 4 is 17.2 Å². The number of hydrogen-bond donors (Lipinski definition) is 2. The Morgan fingerprint density at radius 2 is 2.08 bits per heavy atom. The van der Waals surface area contributed by atoms with Crippen molar-refractivity contribution in [2.45, 2.75) is 43.7 Å². The van der Waals surface area contributed by atoms with Crippen molar-refractivity contribution in [2.24, 2.45) is 0 Å². The summed E-state index contributed by atoms with van der Waals surface area (Å²) >= 11 is 5.76. The van der Waals surface area contributed by atoms with Gasteiger partial charge in [0.25, 0.3) is 0 Å². The standard InChI is InChI=1S/C20H25N3OS/c1-21-19(25)20(17-10-7-13-22-14-17)12-6-5-11-18(20)23-24-15-16-8-3-2-4-9-16/h2-4,7-10,13-14,18,23H,5-6,11-12,15H2,1H3,(H,21,25). The van der Waals surface area contributed by atoms with Crippen LogP contribution >= 0.6 is 12.2 Å². The normalized spacial score (nSPS) is 23.2. The number of nitrogens with one attached hydrogen (secondary N) is 2. The molecule has 3 rings (SSSR count). The van der Waals surface area contributed by atoms with Gasteiger partial charge in [-0.05, 0) is 30.0 Å². The minimum absolute atomic E-state index is 0.120. The van der Waals surface area contributed by atoms with Gasteiger partial charge in [0.15, 0.2) is 0 Å². The molecule has 1 fully saturated rings. The highest BCUT2D eigenvalue weighted by Crippen LogP contribution is 2.40. The third kappa shape index (κ3) is 3.89. The van der Waals surface area contributed by atoms with Gasteiger partial charge >= 0.3 is 0 Å². The minimum Gasteiger partial charge on any atom is -0.382 e. The van der Waals surface area contributed by atoms with E-state index < -0.39 is 0 Å². The molecule has 0 saturated heterocycles. The Morgan fingerprint density at radius 3 is 2.80 bits per heavy atom. The van der Waals surface area contributed by atoms with E-state index in [1.807, 2.05) is 37.5 Å². The summed E-state index contributed by atoms with van der Waals surface area (Å²) in [5.41, 5.74) is 5.33. The van der Waals surface area contributed by atoms with Crippen LogP contribution in [0.15, 0.2) is 54.9 Å². The van der Waals surface area contributed by atoms with Crippen molar-refractivity contribution in [2.75, 3.05) is 7.05 Å². The minimum atomic E-state index is -0.284. The lowest BCUT2D eigenvalue weighted by molar-refractivity contribution is -0.0178. The van der Waals surface area contributed by atoms with E-state index in [-0.39, 0.29) is 11.5 Å². The summed E-state index contributed by atoms with van der Waals surface area (Å²) in [7, 11) is 1.90. The molecule has 2 aromatic rings. The molecule has 1 heterocycles. The van der Waals surface area contributed by atoms with E-state index in [0.717, 1.165) is 35.4 Å². The number of thiocarbonyl (C=S) groups is 1. The van der Waals surface area contributed by atoms with E-state index >= 15 is 0 Å². The number of pyridine rings is 1. The molecule has 25 heavy (non-hydrogen) atoms. The van der Waals surface area contributed by atoms with Crippen LogP contribution < -0.4 is 10.8 Å². The maximum atomic E-state index is 5.87. The smallest absolute Gasteiger partial charge is 0.0933 e. The fourth-order valence-electron chi connectivity index (χ4n) is 3.73. The Morgan fingerprint density at radius 1 is 1.24 bits per heavy atom.